The summed E-state index contributed by atoms with van der Waals surface area (Å²) in [4.78, 5) is 12.5. The molecule has 0 aliphatic heterocycles. The number of anilines is 1. The number of nitrogens with one attached hydrogen (secondary N) is 2. The minimum Gasteiger partial charge on any atom is -0.488 e. The number of hydrogen-bond donors (Lipinski definition) is 2. The first-order valence-corrected chi connectivity index (χ1v) is 10.1. The van der Waals surface area contributed by atoms with Crippen molar-refractivity contribution in [3.05, 3.63) is 95.0 Å². The molecule has 5 nitrogen and oxygen atoms in total. The van der Waals surface area contributed by atoms with Gasteiger partial charge in [-0.25, -0.2) is 5.43 Å². The van der Waals surface area contributed by atoms with E-state index in [9.17, 15) is 4.79 Å². The second-order valence-electron chi connectivity index (χ2n) is 6.66. The second kappa shape index (κ2) is 11.0. The van der Waals surface area contributed by atoms with Crippen molar-refractivity contribution in [2.75, 3.05) is 5.32 Å². The van der Waals surface area contributed by atoms with Crippen molar-refractivity contribution in [1.29, 1.82) is 0 Å². The molecule has 1 unspecified atom stereocenters. The van der Waals surface area contributed by atoms with Gasteiger partial charge < -0.3 is 10.1 Å². The Kier molecular flexibility index (Phi) is 7.86. The van der Waals surface area contributed by atoms with Crippen molar-refractivity contribution < 1.29 is 9.53 Å². The molecule has 1 atom stereocenters. The van der Waals surface area contributed by atoms with Gasteiger partial charge in [0.1, 0.15) is 18.4 Å². The maximum absolute atomic E-state index is 12.5. The number of nitrogens with zero attached hydrogens (tertiary/aromatic N) is 1. The molecule has 3 aromatic carbocycles. The molecule has 0 heterocycles. The molecule has 0 spiro atoms. The van der Waals surface area contributed by atoms with Crippen LogP contribution in [0.1, 0.15) is 24.5 Å². The molecule has 0 aliphatic carbocycles. The molecular formula is C24H24ClN3O2. The van der Waals surface area contributed by atoms with Crippen molar-refractivity contribution in [3.63, 3.8) is 0 Å². The van der Waals surface area contributed by atoms with E-state index in [1.54, 1.807) is 18.3 Å². The van der Waals surface area contributed by atoms with Crippen LogP contribution in [0.25, 0.3) is 0 Å². The minimum atomic E-state index is -0.409. The molecule has 30 heavy (non-hydrogen) atoms. The molecular weight excluding hydrogens is 398 g/mol. The molecule has 3 aromatic rings. The number of carbonyl (C=O) groups is 1. The van der Waals surface area contributed by atoms with Crippen molar-refractivity contribution in [2.24, 2.45) is 5.10 Å². The number of rotatable bonds is 9. The Morgan fingerprint density at radius 2 is 1.73 bits per heavy atom. The van der Waals surface area contributed by atoms with Gasteiger partial charge in [-0.05, 0) is 48.4 Å². The number of ether oxygens (including phenoxy) is 1. The number of carbonyl (C=O) groups excluding carboxylic acids is 1. The first-order valence-electron chi connectivity index (χ1n) is 9.76. The fourth-order valence-corrected chi connectivity index (χ4v) is 2.92. The van der Waals surface area contributed by atoms with E-state index in [1.165, 1.54) is 0 Å². The second-order valence-corrected chi connectivity index (χ2v) is 7.09. The molecule has 3 rings (SSSR count). The maximum atomic E-state index is 12.5. The first kappa shape index (κ1) is 21.4. The van der Waals surface area contributed by atoms with Gasteiger partial charge in [0.15, 0.2) is 0 Å². The molecule has 0 bridgehead atoms. The Morgan fingerprint density at radius 3 is 2.47 bits per heavy atom. The van der Waals surface area contributed by atoms with Crippen molar-refractivity contribution in [1.82, 2.24) is 5.43 Å². The third-order valence-corrected chi connectivity index (χ3v) is 4.70. The number of hydrazone groups is 1. The predicted octanol–water partition coefficient (Wildman–Crippen LogP) is 5.26. The van der Waals surface area contributed by atoms with E-state index in [4.69, 9.17) is 16.3 Å². The van der Waals surface area contributed by atoms with Crippen LogP contribution in [-0.4, -0.2) is 18.2 Å². The molecule has 0 saturated heterocycles. The Balaban J connectivity index is 1.58. The van der Waals surface area contributed by atoms with Gasteiger partial charge in [0.2, 0.25) is 0 Å². The summed E-state index contributed by atoms with van der Waals surface area (Å²) in [5.41, 5.74) is 5.29. The van der Waals surface area contributed by atoms with E-state index < -0.39 is 6.04 Å². The number of amides is 1. The van der Waals surface area contributed by atoms with Crippen LogP contribution in [0.2, 0.25) is 5.02 Å². The summed E-state index contributed by atoms with van der Waals surface area (Å²) in [6, 6.07) is 24.3. The SMILES string of the molecule is CCC(Nc1ccc(Cl)cc1)C(=O)NN=Cc1ccccc1OCc1ccccc1. The summed E-state index contributed by atoms with van der Waals surface area (Å²) in [5, 5.41) is 7.95. The largest absolute Gasteiger partial charge is 0.488 e. The number of hydrogen-bond acceptors (Lipinski definition) is 4. The van der Waals surface area contributed by atoms with Gasteiger partial charge >= 0.3 is 0 Å². The van der Waals surface area contributed by atoms with Gasteiger partial charge in [-0.1, -0.05) is 61.0 Å². The molecule has 1 amide bonds. The van der Waals surface area contributed by atoms with E-state index in [1.807, 2.05) is 73.7 Å². The fraction of sp³-hybridized carbons (Fsp3) is 0.167. The summed E-state index contributed by atoms with van der Waals surface area (Å²) >= 11 is 5.90. The van der Waals surface area contributed by atoms with E-state index >= 15 is 0 Å². The third-order valence-electron chi connectivity index (χ3n) is 4.44. The van der Waals surface area contributed by atoms with Crippen LogP contribution in [0.5, 0.6) is 5.75 Å². The Hall–Kier alpha value is -3.31. The molecule has 154 valence electrons. The van der Waals surface area contributed by atoms with Gasteiger partial charge in [-0.2, -0.15) is 5.10 Å². The average molecular weight is 422 g/mol. The molecule has 0 radical (unpaired) electrons. The lowest BCUT2D eigenvalue weighted by molar-refractivity contribution is -0.121. The summed E-state index contributed by atoms with van der Waals surface area (Å²) in [5.74, 6) is 0.483. The highest BCUT2D eigenvalue weighted by molar-refractivity contribution is 6.30. The van der Waals surface area contributed by atoms with Crippen LogP contribution in [0.3, 0.4) is 0 Å². The lowest BCUT2D eigenvalue weighted by atomic mass is 10.2. The van der Waals surface area contributed by atoms with E-state index in [0.29, 0.717) is 23.8 Å². The van der Waals surface area contributed by atoms with E-state index in [-0.39, 0.29) is 5.91 Å². The quantitative estimate of drug-likeness (QED) is 0.366. The van der Waals surface area contributed by atoms with Gasteiger partial charge in [0.25, 0.3) is 5.91 Å². The number of para-hydroxylation sites is 1. The Morgan fingerprint density at radius 1 is 1.03 bits per heavy atom. The lowest BCUT2D eigenvalue weighted by Crippen LogP contribution is -2.36. The summed E-state index contributed by atoms with van der Waals surface area (Å²) in [6.45, 7) is 2.39. The van der Waals surface area contributed by atoms with Crippen LogP contribution >= 0.6 is 11.6 Å². The van der Waals surface area contributed by atoms with Crippen LogP contribution < -0.4 is 15.5 Å². The zero-order valence-electron chi connectivity index (χ0n) is 16.7. The minimum absolute atomic E-state index is 0.216. The smallest absolute Gasteiger partial charge is 0.262 e. The lowest BCUT2D eigenvalue weighted by Gasteiger charge is -2.16. The number of benzene rings is 3. The van der Waals surface area contributed by atoms with Gasteiger partial charge in [0, 0.05) is 16.3 Å². The van der Waals surface area contributed by atoms with Gasteiger partial charge in [0.05, 0.1) is 6.21 Å². The van der Waals surface area contributed by atoms with Crippen LogP contribution in [0, 0.1) is 0 Å². The predicted molar refractivity (Wildman–Crippen MR) is 122 cm³/mol. The van der Waals surface area contributed by atoms with Gasteiger partial charge in [-0.3, -0.25) is 4.79 Å². The Bertz CT molecular complexity index is 975. The Labute approximate surface area is 181 Å². The zero-order chi connectivity index (χ0) is 21.2. The molecule has 2 N–H and O–H groups in total. The monoisotopic (exact) mass is 421 g/mol. The molecule has 0 saturated carbocycles. The normalized spacial score (nSPS) is 11.8. The number of halogens is 1. The maximum Gasteiger partial charge on any atom is 0.262 e. The first-order chi connectivity index (χ1) is 14.7. The van der Waals surface area contributed by atoms with Crippen molar-refractivity contribution in [3.8, 4) is 5.75 Å². The average Bonchev–Trinajstić information content (AvgIpc) is 2.78. The van der Waals surface area contributed by atoms with E-state index in [0.717, 1.165) is 16.8 Å². The summed E-state index contributed by atoms with van der Waals surface area (Å²) in [7, 11) is 0. The highest BCUT2D eigenvalue weighted by atomic mass is 35.5. The molecule has 0 aromatic heterocycles. The topological polar surface area (TPSA) is 62.7 Å². The highest BCUT2D eigenvalue weighted by Crippen LogP contribution is 2.18. The van der Waals surface area contributed by atoms with Crippen molar-refractivity contribution >= 4 is 29.4 Å². The third kappa shape index (κ3) is 6.36. The molecule has 0 fully saturated rings. The summed E-state index contributed by atoms with van der Waals surface area (Å²) in [6.07, 6.45) is 2.20. The van der Waals surface area contributed by atoms with Crippen LogP contribution in [-0.2, 0) is 11.4 Å². The molecule has 6 heteroatoms. The van der Waals surface area contributed by atoms with Crippen LogP contribution in [0.15, 0.2) is 84.0 Å². The van der Waals surface area contributed by atoms with Gasteiger partial charge in [-0.15, -0.1) is 0 Å². The molecule has 0 aliphatic rings. The zero-order valence-corrected chi connectivity index (χ0v) is 17.5. The fourth-order valence-electron chi connectivity index (χ4n) is 2.80. The van der Waals surface area contributed by atoms with E-state index in [2.05, 4.69) is 15.8 Å². The standard InChI is InChI=1S/C24H24ClN3O2/c1-2-22(27-21-14-12-20(25)13-15-21)24(29)28-26-16-19-10-6-7-11-23(19)30-17-18-8-4-3-5-9-18/h3-16,22,27H,2,17H2,1H3,(H,28,29). The summed E-state index contributed by atoms with van der Waals surface area (Å²) < 4.78 is 5.91. The van der Waals surface area contributed by atoms with Crippen LogP contribution in [0.4, 0.5) is 5.69 Å². The highest BCUT2D eigenvalue weighted by Gasteiger charge is 2.15. The van der Waals surface area contributed by atoms with Crippen molar-refractivity contribution in [2.45, 2.75) is 26.0 Å².